The maximum absolute atomic E-state index is 10.9. The van der Waals surface area contributed by atoms with Crippen molar-refractivity contribution in [1.82, 2.24) is 0 Å². The van der Waals surface area contributed by atoms with Gasteiger partial charge < -0.3 is 10.6 Å². The van der Waals surface area contributed by atoms with E-state index in [1.807, 2.05) is 24.3 Å². The van der Waals surface area contributed by atoms with Gasteiger partial charge in [-0.2, -0.15) is 0 Å². The zero-order chi connectivity index (χ0) is 13.9. The average Bonchev–Trinajstić information content (AvgIpc) is 2.74. The van der Waals surface area contributed by atoms with Gasteiger partial charge in [-0.15, -0.1) is 0 Å². The number of rotatable bonds is 3. The largest absolute Gasteiger partial charge is 0.335 e. The number of thioether (sulfide) groups is 1. The number of hydrogen-bond donors (Lipinski definition) is 2. The molecule has 0 saturated carbocycles. The normalized spacial score (nSPS) is 21.9. The quantitative estimate of drug-likeness (QED) is 0.891. The van der Waals surface area contributed by atoms with Crippen LogP contribution in [0.2, 0.25) is 0 Å². The lowest BCUT2D eigenvalue weighted by molar-refractivity contribution is -0.114. The molecule has 19 heavy (non-hydrogen) atoms. The summed E-state index contributed by atoms with van der Waals surface area (Å²) in [5.74, 6) is 0.964. The number of carbonyl (C=O) groups excluding carboxylic acids is 1. The summed E-state index contributed by atoms with van der Waals surface area (Å²) in [6.45, 7) is 5.84. The number of benzene rings is 1. The van der Waals surface area contributed by atoms with E-state index in [1.54, 1.807) is 11.8 Å². The lowest BCUT2D eigenvalue weighted by Gasteiger charge is -2.15. The van der Waals surface area contributed by atoms with E-state index in [0.29, 0.717) is 0 Å². The predicted molar refractivity (Wildman–Crippen MR) is 83.0 cm³/mol. The summed E-state index contributed by atoms with van der Waals surface area (Å²) in [6, 6.07) is 7.64. The second-order valence-corrected chi connectivity index (χ2v) is 5.90. The van der Waals surface area contributed by atoms with Crippen LogP contribution in [-0.4, -0.2) is 22.4 Å². The molecule has 1 amide bonds. The Bertz CT molecular complexity index is 498. The van der Waals surface area contributed by atoms with Crippen molar-refractivity contribution in [3.63, 3.8) is 0 Å². The van der Waals surface area contributed by atoms with Crippen molar-refractivity contribution in [2.75, 3.05) is 16.4 Å². The lowest BCUT2D eigenvalue weighted by Crippen LogP contribution is -2.20. The van der Waals surface area contributed by atoms with Gasteiger partial charge in [0.1, 0.15) is 0 Å². The number of carbonyl (C=O) groups is 1. The monoisotopic (exact) mass is 277 g/mol. The fraction of sp³-hybridized carbons (Fsp3) is 0.429. The Morgan fingerprint density at radius 3 is 2.53 bits per heavy atom. The van der Waals surface area contributed by atoms with Gasteiger partial charge in [0.2, 0.25) is 5.91 Å². The summed E-state index contributed by atoms with van der Waals surface area (Å²) >= 11 is 1.75. The lowest BCUT2D eigenvalue weighted by atomic mass is 10.0. The van der Waals surface area contributed by atoms with E-state index in [0.717, 1.165) is 28.7 Å². The Morgan fingerprint density at radius 1 is 1.37 bits per heavy atom. The summed E-state index contributed by atoms with van der Waals surface area (Å²) in [5.41, 5.74) is 1.85. The van der Waals surface area contributed by atoms with Crippen molar-refractivity contribution in [2.24, 2.45) is 4.99 Å². The molecule has 0 bridgehead atoms. The minimum atomic E-state index is -0.0601. The maximum atomic E-state index is 10.9. The highest BCUT2D eigenvalue weighted by atomic mass is 32.2. The third-order valence-electron chi connectivity index (χ3n) is 3.11. The molecular formula is C14H19N3OS. The number of aliphatic imine (C=N–C) groups is 1. The van der Waals surface area contributed by atoms with Crippen LogP contribution in [0.5, 0.6) is 0 Å². The van der Waals surface area contributed by atoms with Crippen LogP contribution in [0.25, 0.3) is 0 Å². The SMILES string of the molecule is CCC1(C)CSC(Nc2ccc(NC(C)=O)cc2)=N1. The maximum Gasteiger partial charge on any atom is 0.221 e. The van der Waals surface area contributed by atoms with Crippen LogP contribution in [0, 0.1) is 0 Å². The molecule has 0 aliphatic carbocycles. The molecule has 1 atom stereocenters. The molecule has 2 rings (SSSR count). The fourth-order valence-corrected chi connectivity index (χ4v) is 2.93. The molecule has 0 spiro atoms. The highest BCUT2D eigenvalue weighted by molar-refractivity contribution is 8.14. The number of amidine groups is 1. The number of hydrogen-bond acceptors (Lipinski definition) is 4. The molecule has 1 unspecified atom stereocenters. The Kier molecular flexibility index (Phi) is 4.14. The Balaban J connectivity index is 2.01. The topological polar surface area (TPSA) is 53.5 Å². The summed E-state index contributed by atoms with van der Waals surface area (Å²) in [4.78, 5) is 15.6. The molecule has 1 heterocycles. The van der Waals surface area contributed by atoms with Crippen molar-refractivity contribution in [2.45, 2.75) is 32.7 Å². The summed E-state index contributed by atoms with van der Waals surface area (Å²) < 4.78 is 0. The van der Waals surface area contributed by atoms with Gasteiger partial charge in [0.25, 0.3) is 0 Å². The van der Waals surface area contributed by atoms with E-state index in [9.17, 15) is 4.79 Å². The zero-order valence-electron chi connectivity index (χ0n) is 11.5. The van der Waals surface area contributed by atoms with Crippen molar-refractivity contribution in [1.29, 1.82) is 0 Å². The molecule has 1 aliphatic heterocycles. The summed E-state index contributed by atoms with van der Waals surface area (Å²) in [5, 5.41) is 7.03. The van der Waals surface area contributed by atoms with Gasteiger partial charge in [0, 0.05) is 24.1 Å². The highest BCUT2D eigenvalue weighted by Gasteiger charge is 2.28. The molecule has 5 heteroatoms. The third-order valence-corrected chi connectivity index (χ3v) is 4.34. The van der Waals surface area contributed by atoms with Gasteiger partial charge >= 0.3 is 0 Å². The van der Waals surface area contributed by atoms with Crippen LogP contribution < -0.4 is 10.6 Å². The van der Waals surface area contributed by atoms with Gasteiger partial charge in [0.15, 0.2) is 5.17 Å². The number of anilines is 2. The second-order valence-electron chi connectivity index (χ2n) is 4.94. The molecule has 0 saturated heterocycles. The van der Waals surface area contributed by atoms with Crippen molar-refractivity contribution in [3.8, 4) is 0 Å². The van der Waals surface area contributed by atoms with E-state index in [-0.39, 0.29) is 11.4 Å². The van der Waals surface area contributed by atoms with E-state index >= 15 is 0 Å². The van der Waals surface area contributed by atoms with Gasteiger partial charge in [-0.05, 0) is 37.6 Å². The summed E-state index contributed by atoms with van der Waals surface area (Å²) in [6.07, 6.45) is 1.05. The molecule has 0 fully saturated rings. The Hall–Kier alpha value is -1.49. The molecule has 2 N–H and O–H groups in total. The van der Waals surface area contributed by atoms with Crippen LogP contribution in [-0.2, 0) is 4.79 Å². The molecule has 1 aromatic rings. The highest BCUT2D eigenvalue weighted by Crippen LogP contribution is 2.30. The smallest absolute Gasteiger partial charge is 0.221 e. The molecule has 0 aromatic heterocycles. The van der Waals surface area contributed by atoms with Crippen molar-refractivity contribution in [3.05, 3.63) is 24.3 Å². The van der Waals surface area contributed by atoms with Gasteiger partial charge in [0.05, 0.1) is 5.54 Å². The van der Waals surface area contributed by atoms with E-state index in [2.05, 4.69) is 24.5 Å². The third kappa shape index (κ3) is 3.73. The fourth-order valence-electron chi connectivity index (χ4n) is 1.74. The second kappa shape index (κ2) is 5.65. The Morgan fingerprint density at radius 2 is 2.00 bits per heavy atom. The number of nitrogens with zero attached hydrogens (tertiary/aromatic N) is 1. The predicted octanol–water partition coefficient (Wildman–Crippen LogP) is 3.33. The Labute approximate surface area is 118 Å². The van der Waals surface area contributed by atoms with E-state index in [4.69, 9.17) is 4.99 Å². The van der Waals surface area contributed by atoms with E-state index < -0.39 is 0 Å². The number of nitrogens with one attached hydrogen (secondary N) is 2. The molecule has 102 valence electrons. The molecule has 4 nitrogen and oxygen atoms in total. The van der Waals surface area contributed by atoms with Crippen LogP contribution in [0.3, 0.4) is 0 Å². The molecular weight excluding hydrogens is 258 g/mol. The van der Waals surface area contributed by atoms with Crippen LogP contribution >= 0.6 is 11.8 Å². The van der Waals surface area contributed by atoms with Crippen LogP contribution in [0.1, 0.15) is 27.2 Å². The number of amides is 1. The first-order chi connectivity index (χ1) is 9.00. The minimum Gasteiger partial charge on any atom is -0.335 e. The van der Waals surface area contributed by atoms with Gasteiger partial charge in [-0.1, -0.05) is 18.7 Å². The van der Waals surface area contributed by atoms with Gasteiger partial charge in [-0.25, -0.2) is 0 Å². The first-order valence-electron chi connectivity index (χ1n) is 6.38. The zero-order valence-corrected chi connectivity index (χ0v) is 12.3. The summed E-state index contributed by atoms with van der Waals surface area (Å²) in [7, 11) is 0. The van der Waals surface area contributed by atoms with E-state index in [1.165, 1.54) is 6.92 Å². The van der Waals surface area contributed by atoms with Crippen molar-refractivity contribution < 1.29 is 4.79 Å². The molecule has 0 radical (unpaired) electrons. The first-order valence-corrected chi connectivity index (χ1v) is 7.37. The minimum absolute atomic E-state index is 0.0587. The molecule has 1 aromatic carbocycles. The first kappa shape index (κ1) is 13.9. The van der Waals surface area contributed by atoms with Crippen LogP contribution in [0.4, 0.5) is 11.4 Å². The van der Waals surface area contributed by atoms with Crippen molar-refractivity contribution >= 4 is 34.2 Å². The van der Waals surface area contributed by atoms with Gasteiger partial charge in [-0.3, -0.25) is 9.79 Å². The average molecular weight is 277 g/mol. The molecule has 1 aliphatic rings. The standard InChI is InChI=1S/C14H19N3OS/c1-4-14(3)9-19-13(17-14)16-12-7-5-11(6-8-12)15-10(2)18/h5-8H,4,9H2,1-3H3,(H,15,18)(H,16,17). The van der Waals surface area contributed by atoms with Crippen LogP contribution in [0.15, 0.2) is 29.3 Å².